The fourth-order valence-electron chi connectivity index (χ4n) is 2.15. The predicted molar refractivity (Wildman–Crippen MR) is 81.3 cm³/mol. The zero-order valence-corrected chi connectivity index (χ0v) is 12.8. The van der Waals surface area contributed by atoms with E-state index in [1.165, 1.54) is 0 Å². The third-order valence-electron chi connectivity index (χ3n) is 3.52. The second-order valence-corrected chi connectivity index (χ2v) is 5.17. The second-order valence-electron chi connectivity index (χ2n) is 5.17. The van der Waals surface area contributed by atoms with Gasteiger partial charge in [0.05, 0.1) is 13.1 Å². The summed E-state index contributed by atoms with van der Waals surface area (Å²) in [5, 5.41) is 5.47. The van der Waals surface area contributed by atoms with Crippen LogP contribution in [-0.2, 0) is 11.3 Å². The number of nitrogens with zero attached hydrogens (tertiary/aromatic N) is 2. The SMILES string of the molecule is CNCCN(C)C(=O)c1ccc(CN2C(=O)CNC2=O)cc1. The maximum atomic E-state index is 12.2. The third-order valence-corrected chi connectivity index (χ3v) is 3.52. The Balaban J connectivity index is 1.99. The molecule has 1 aliphatic rings. The molecular formula is C15H20N4O3. The van der Waals surface area contributed by atoms with Gasteiger partial charge in [0.15, 0.2) is 0 Å². The van der Waals surface area contributed by atoms with Gasteiger partial charge in [0.1, 0.15) is 0 Å². The number of imide groups is 1. The van der Waals surface area contributed by atoms with Gasteiger partial charge >= 0.3 is 6.03 Å². The first-order valence-electron chi connectivity index (χ1n) is 7.10. The number of carbonyl (C=O) groups is 3. The molecule has 2 rings (SSSR count). The highest BCUT2D eigenvalue weighted by Gasteiger charge is 2.28. The van der Waals surface area contributed by atoms with E-state index in [4.69, 9.17) is 0 Å². The third kappa shape index (κ3) is 3.62. The second kappa shape index (κ2) is 7.04. The molecule has 0 unspecified atom stereocenters. The number of urea groups is 1. The largest absolute Gasteiger partial charge is 0.340 e. The van der Waals surface area contributed by atoms with Gasteiger partial charge < -0.3 is 15.5 Å². The summed E-state index contributed by atoms with van der Waals surface area (Å²) in [5.74, 6) is -0.297. The van der Waals surface area contributed by atoms with Gasteiger partial charge in [-0.3, -0.25) is 14.5 Å². The number of hydrogen-bond donors (Lipinski definition) is 2. The van der Waals surface area contributed by atoms with E-state index in [-0.39, 0.29) is 30.9 Å². The van der Waals surface area contributed by atoms with E-state index in [9.17, 15) is 14.4 Å². The Hall–Kier alpha value is -2.41. The summed E-state index contributed by atoms with van der Waals surface area (Å²) in [6, 6.07) is 6.57. The van der Waals surface area contributed by atoms with E-state index in [2.05, 4.69) is 10.6 Å². The molecule has 1 aliphatic heterocycles. The highest BCUT2D eigenvalue weighted by Crippen LogP contribution is 2.11. The first-order chi connectivity index (χ1) is 10.5. The smallest absolute Gasteiger partial charge is 0.324 e. The van der Waals surface area contributed by atoms with Crippen LogP contribution >= 0.6 is 0 Å². The lowest BCUT2D eigenvalue weighted by molar-refractivity contribution is -0.125. The highest BCUT2D eigenvalue weighted by molar-refractivity contribution is 6.01. The summed E-state index contributed by atoms with van der Waals surface area (Å²) < 4.78 is 0. The first kappa shape index (κ1) is 16.0. The van der Waals surface area contributed by atoms with Crippen molar-refractivity contribution in [1.29, 1.82) is 0 Å². The topological polar surface area (TPSA) is 81.8 Å². The average Bonchev–Trinajstić information content (AvgIpc) is 2.84. The van der Waals surface area contributed by atoms with Crippen LogP contribution in [0.5, 0.6) is 0 Å². The molecule has 1 aromatic carbocycles. The molecule has 7 heteroatoms. The van der Waals surface area contributed by atoms with Crippen molar-refractivity contribution in [3.63, 3.8) is 0 Å². The lowest BCUT2D eigenvalue weighted by Gasteiger charge is -2.17. The fourth-order valence-corrected chi connectivity index (χ4v) is 2.15. The van der Waals surface area contributed by atoms with Gasteiger partial charge in [0.2, 0.25) is 5.91 Å². The lowest BCUT2D eigenvalue weighted by Crippen LogP contribution is -2.32. The van der Waals surface area contributed by atoms with Crippen LogP contribution in [0.2, 0.25) is 0 Å². The Morgan fingerprint density at radius 1 is 1.32 bits per heavy atom. The molecule has 1 fully saturated rings. The number of hydrogen-bond acceptors (Lipinski definition) is 4. The van der Waals surface area contributed by atoms with Crippen molar-refractivity contribution in [3.8, 4) is 0 Å². The molecule has 2 N–H and O–H groups in total. The van der Waals surface area contributed by atoms with Crippen molar-refractivity contribution >= 4 is 17.8 Å². The van der Waals surface area contributed by atoms with Crippen LogP contribution in [0.15, 0.2) is 24.3 Å². The maximum Gasteiger partial charge on any atom is 0.324 e. The Labute approximate surface area is 129 Å². The standard InChI is InChI=1S/C15H20N4O3/c1-16-7-8-18(2)14(21)12-5-3-11(4-6-12)10-19-13(20)9-17-15(19)22/h3-6,16H,7-10H2,1-2H3,(H,17,22). The summed E-state index contributed by atoms with van der Waals surface area (Å²) >= 11 is 0. The Morgan fingerprint density at radius 3 is 2.55 bits per heavy atom. The van der Waals surface area contributed by atoms with Crippen molar-refractivity contribution in [2.45, 2.75) is 6.54 Å². The van der Waals surface area contributed by atoms with E-state index in [0.29, 0.717) is 12.1 Å². The molecule has 0 aliphatic carbocycles. The van der Waals surface area contributed by atoms with E-state index in [1.54, 1.807) is 36.2 Å². The normalized spacial score (nSPS) is 14.2. The fraction of sp³-hybridized carbons (Fsp3) is 0.400. The molecule has 7 nitrogen and oxygen atoms in total. The minimum absolute atomic E-state index is 0.0473. The number of nitrogens with one attached hydrogen (secondary N) is 2. The summed E-state index contributed by atoms with van der Waals surface area (Å²) in [4.78, 5) is 38.0. The monoisotopic (exact) mass is 304 g/mol. The van der Waals surface area contributed by atoms with E-state index in [1.807, 2.05) is 7.05 Å². The molecule has 118 valence electrons. The number of likely N-dealkylation sites (N-methyl/N-ethyl adjacent to an activating group) is 2. The van der Waals surface area contributed by atoms with Gasteiger partial charge in [0, 0.05) is 25.7 Å². The van der Waals surface area contributed by atoms with Gasteiger partial charge in [-0.1, -0.05) is 12.1 Å². The Kier molecular flexibility index (Phi) is 5.11. The van der Waals surface area contributed by atoms with Crippen LogP contribution in [0.3, 0.4) is 0 Å². The van der Waals surface area contributed by atoms with Crippen molar-refractivity contribution < 1.29 is 14.4 Å². The first-order valence-corrected chi connectivity index (χ1v) is 7.10. The number of benzene rings is 1. The van der Waals surface area contributed by atoms with E-state index < -0.39 is 0 Å². The molecule has 0 aromatic heterocycles. The minimum atomic E-state index is -0.378. The van der Waals surface area contributed by atoms with E-state index >= 15 is 0 Å². The van der Waals surface area contributed by atoms with Gasteiger partial charge in [0.25, 0.3) is 5.91 Å². The quantitative estimate of drug-likeness (QED) is 0.727. The predicted octanol–water partition coefficient (Wildman–Crippen LogP) is 0.0298. The Bertz CT molecular complexity index is 555. The van der Waals surface area contributed by atoms with Crippen LogP contribution in [0.1, 0.15) is 15.9 Å². The van der Waals surface area contributed by atoms with Crippen LogP contribution in [0.25, 0.3) is 0 Å². The molecule has 22 heavy (non-hydrogen) atoms. The van der Waals surface area contributed by atoms with Crippen LogP contribution in [0.4, 0.5) is 4.79 Å². The molecule has 0 atom stereocenters. The molecule has 1 aromatic rings. The van der Waals surface area contributed by atoms with Crippen molar-refractivity contribution in [1.82, 2.24) is 20.4 Å². The summed E-state index contributed by atoms with van der Waals surface area (Å²) in [6.45, 7) is 1.62. The van der Waals surface area contributed by atoms with Crippen molar-refractivity contribution in [2.24, 2.45) is 0 Å². The Morgan fingerprint density at radius 2 is 2.00 bits per heavy atom. The molecule has 4 amide bonds. The molecule has 0 bridgehead atoms. The molecule has 0 radical (unpaired) electrons. The lowest BCUT2D eigenvalue weighted by atomic mass is 10.1. The van der Waals surface area contributed by atoms with Crippen LogP contribution < -0.4 is 10.6 Å². The minimum Gasteiger partial charge on any atom is -0.340 e. The zero-order chi connectivity index (χ0) is 16.1. The summed E-state index contributed by atoms with van der Waals surface area (Å²) in [5.41, 5.74) is 1.39. The van der Waals surface area contributed by atoms with Gasteiger partial charge in [-0.05, 0) is 24.7 Å². The van der Waals surface area contributed by atoms with Gasteiger partial charge in [-0.25, -0.2) is 4.79 Å². The number of rotatable bonds is 6. The maximum absolute atomic E-state index is 12.2. The van der Waals surface area contributed by atoms with Crippen molar-refractivity contribution in [2.75, 3.05) is 33.7 Å². The van der Waals surface area contributed by atoms with Crippen LogP contribution in [0, 0.1) is 0 Å². The van der Waals surface area contributed by atoms with Gasteiger partial charge in [-0.15, -0.1) is 0 Å². The molecular weight excluding hydrogens is 284 g/mol. The summed E-state index contributed by atoms with van der Waals surface area (Å²) in [7, 11) is 3.59. The number of amides is 4. The molecule has 0 saturated carbocycles. The summed E-state index contributed by atoms with van der Waals surface area (Å²) in [6.07, 6.45) is 0. The van der Waals surface area contributed by atoms with Crippen LogP contribution in [-0.4, -0.2) is 61.4 Å². The molecule has 0 spiro atoms. The van der Waals surface area contributed by atoms with Crippen molar-refractivity contribution in [3.05, 3.63) is 35.4 Å². The van der Waals surface area contributed by atoms with Gasteiger partial charge in [-0.2, -0.15) is 0 Å². The molecule has 1 heterocycles. The molecule has 1 saturated heterocycles. The number of carbonyl (C=O) groups excluding carboxylic acids is 3. The highest BCUT2D eigenvalue weighted by atomic mass is 16.2. The average molecular weight is 304 g/mol. The zero-order valence-electron chi connectivity index (χ0n) is 12.8. The van der Waals surface area contributed by atoms with E-state index in [0.717, 1.165) is 17.0 Å².